The number of hydrogen-bond donors (Lipinski definition) is 1. The zero-order chi connectivity index (χ0) is 20.3. The number of nitrogens with one attached hydrogen (secondary N) is 1. The molecule has 1 amide bonds. The second kappa shape index (κ2) is 10.9. The molecule has 1 heterocycles. The fraction of sp³-hybridized carbons (Fsp3) is 0.250. The van der Waals surface area contributed by atoms with Crippen LogP contribution in [0.1, 0.15) is 29.7 Å². The van der Waals surface area contributed by atoms with Gasteiger partial charge in [0.1, 0.15) is 18.1 Å². The number of amides is 1. The van der Waals surface area contributed by atoms with E-state index in [1.54, 1.807) is 6.20 Å². The van der Waals surface area contributed by atoms with Gasteiger partial charge in [0.15, 0.2) is 0 Å². The van der Waals surface area contributed by atoms with Crippen molar-refractivity contribution in [3.05, 3.63) is 89.7 Å². The second-order valence-corrected chi connectivity index (χ2v) is 6.80. The average molecular weight is 390 g/mol. The molecule has 0 radical (unpaired) electrons. The molecule has 0 atom stereocenters. The Morgan fingerprint density at radius 2 is 1.79 bits per heavy atom. The smallest absolute Gasteiger partial charge is 0.220 e. The molecule has 0 bridgehead atoms. The van der Waals surface area contributed by atoms with Crippen molar-refractivity contribution in [3.63, 3.8) is 0 Å². The van der Waals surface area contributed by atoms with Crippen molar-refractivity contribution in [2.45, 2.75) is 32.9 Å². The lowest BCUT2D eigenvalue weighted by Crippen LogP contribution is -2.23. The summed E-state index contributed by atoms with van der Waals surface area (Å²) in [6.45, 7) is 3.43. The van der Waals surface area contributed by atoms with Crippen molar-refractivity contribution in [2.75, 3.05) is 6.61 Å². The number of aromatic nitrogens is 1. The van der Waals surface area contributed by atoms with Crippen LogP contribution in [0.2, 0.25) is 0 Å². The molecule has 0 aliphatic carbocycles. The molecular weight excluding hydrogens is 364 g/mol. The summed E-state index contributed by atoms with van der Waals surface area (Å²) in [7, 11) is 0. The number of carbonyl (C=O) groups excluding carboxylic acids is 1. The minimum Gasteiger partial charge on any atom is -0.494 e. The monoisotopic (exact) mass is 390 g/mol. The topological polar surface area (TPSA) is 60.5 Å². The highest BCUT2D eigenvalue weighted by molar-refractivity contribution is 5.75. The third kappa shape index (κ3) is 7.30. The molecule has 0 saturated heterocycles. The number of pyridine rings is 1. The van der Waals surface area contributed by atoms with Crippen molar-refractivity contribution < 1.29 is 14.3 Å². The highest BCUT2D eigenvalue weighted by Gasteiger charge is 2.04. The molecule has 29 heavy (non-hydrogen) atoms. The van der Waals surface area contributed by atoms with E-state index in [1.807, 2.05) is 73.7 Å². The van der Waals surface area contributed by atoms with E-state index in [4.69, 9.17) is 9.47 Å². The summed E-state index contributed by atoms with van der Waals surface area (Å²) in [5, 5.41) is 2.95. The Hall–Kier alpha value is -3.34. The van der Waals surface area contributed by atoms with E-state index in [2.05, 4.69) is 10.3 Å². The summed E-state index contributed by atoms with van der Waals surface area (Å²) < 4.78 is 11.5. The first-order valence-corrected chi connectivity index (χ1v) is 9.77. The van der Waals surface area contributed by atoms with Crippen molar-refractivity contribution >= 4 is 5.91 Å². The molecule has 5 nitrogen and oxygen atoms in total. The summed E-state index contributed by atoms with van der Waals surface area (Å²) in [5.41, 5.74) is 3.03. The summed E-state index contributed by atoms with van der Waals surface area (Å²) in [6.07, 6.45) is 2.85. The lowest BCUT2D eigenvalue weighted by Gasteiger charge is -2.09. The van der Waals surface area contributed by atoms with Crippen LogP contribution in [-0.4, -0.2) is 17.5 Å². The molecule has 0 spiro atoms. The molecule has 0 fully saturated rings. The lowest BCUT2D eigenvalue weighted by molar-refractivity contribution is -0.121. The third-order valence-corrected chi connectivity index (χ3v) is 4.31. The van der Waals surface area contributed by atoms with Crippen LogP contribution in [0.5, 0.6) is 11.5 Å². The molecule has 0 saturated carbocycles. The molecule has 1 N–H and O–H groups in total. The second-order valence-electron chi connectivity index (χ2n) is 6.80. The Labute approximate surface area is 171 Å². The quantitative estimate of drug-likeness (QED) is 0.520. The van der Waals surface area contributed by atoms with Crippen LogP contribution in [-0.2, 0) is 17.9 Å². The average Bonchev–Trinajstić information content (AvgIpc) is 2.75. The van der Waals surface area contributed by atoms with Gasteiger partial charge >= 0.3 is 0 Å². The van der Waals surface area contributed by atoms with E-state index >= 15 is 0 Å². The molecule has 5 heteroatoms. The number of rotatable bonds is 10. The van der Waals surface area contributed by atoms with E-state index < -0.39 is 0 Å². The maximum absolute atomic E-state index is 12.1. The number of aryl methyl sites for hydroxylation is 1. The van der Waals surface area contributed by atoms with Crippen molar-refractivity contribution in [2.24, 2.45) is 0 Å². The van der Waals surface area contributed by atoms with Crippen LogP contribution in [0.3, 0.4) is 0 Å². The van der Waals surface area contributed by atoms with E-state index in [0.717, 1.165) is 28.3 Å². The Kier molecular flexibility index (Phi) is 7.63. The molecule has 0 unspecified atom stereocenters. The zero-order valence-corrected chi connectivity index (χ0v) is 16.6. The van der Waals surface area contributed by atoms with E-state index in [0.29, 0.717) is 32.6 Å². The number of benzene rings is 2. The number of nitrogens with zero attached hydrogens (tertiary/aromatic N) is 1. The van der Waals surface area contributed by atoms with Gasteiger partial charge < -0.3 is 14.8 Å². The van der Waals surface area contributed by atoms with E-state index in [-0.39, 0.29) is 5.91 Å². The standard InChI is InChI=1S/C24H26N2O3/c1-19-7-4-10-22(15-19)28-14-6-12-24(27)26-17-20-8-5-11-23(16-20)29-18-21-9-2-3-13-25-21/h2-5,7-11,13,15-16H,6,12,14,17-18H2,1H3,(H,26,27). The van der Waals surface area contributed by atoms with Crippen LogP contribution >= 0.6 is 0 Å². The third-order valence-electron chi connectivity index (χ3n) is 4.31. The Balaban J connectivity index is 1.36. The van der Waals surface area contributed by atoms with Gasteiger partial charge in [0.05, 0.1) is 12.3 Å². The summed E-state index contributed by atoms with van der Waals surface area (Å²) in [5.74, 6) is 1.61. The summed E-state index contributed by atoms with van der Waals surface area (Å²) in [4.78, 5) is 16.3. The highest BCUT2D eigenvalue weighted by Crippen LogP contribution is 2.15. The molecule has 1 aromatic heterocycles. The van der Waals surface area contributed by atoms with Crippen molar-refractivity contribution in [1.82, 2.24) is 10.3 Å². The van der Waals surface area contributed by atoms with Gasteiger partial charge in [0.25, 0.3) is 0 Å². The molecule has 0 aliphatic rings. The minimum absolute atomic E-state index is 0.0117. The van der Waals surface area contributed by atoms with Crippen LogP contribution < -0.4 is 14.8 Å². The number of hydrogen-bond acceptors (Lipinski definition) is 4. The number of ether oxygens (including phenoxy) is 2. The lowest BCUT2D eigenvalue weighted by atomic mass is 10.2. The SMILES string of the molecule is Cc1cccc(OCCCC(=O)NCc2cccc(OCc3ccccn3)c2)c1. The van der Waals surface area contributed by atoms with Crippen molar-refractivity contribution in [1.29, 1.82) is 0 Å². The van der Waals surface area contributed by atoms with Crippen LogP contribution in [0.25, 0.3) is 0 Å². The Bertz CT molecular complexity index is 913. The largest absolute Gasteiger partial charge is 0.494 e. The molecule has 0 aliphatic heterocycles. The van der Waals surface area contributed by atoms with Crippen LogP contribution in [0, 0.1) is 6.92 Å². The normalized spacial score (nSPS) is 10.4. The van der Waals surface area contributed by atoms with Crippen LogP contribution in [0.4, 0.5) is 0 Å². The molecule has 2 aromatic carbocycles. The number of carbonyl (C=O) groups is 1. The van der Waals surface area contributed by atoms with Gasteiger partial charge in [0.2, 0.25) is 5.91 Å². The summed E-state index contributed by atoms with van der Waals surface area (Å²) >= 11 is 0. The maximum atomic E-state index is 12.1. The summed E-state index contributed by atoms with van der Waals surface area (Å²) in [6, 6.07) is 21.4. The van der Waals surface area contributed by atoms with Gasteiger partial charge in [-0.25, -0.2) is 0 Å². The predicted molar refractivity (Wildman–Crippen MR) is 113 cm³/mol. The van der Waals surface area contributed by atoms with E-state index in [1.165, 1.54) is 0 Å². The van der Waals surface area contributed by atoms with Gasteiger partial charge in [-0.05, 0) is 60.9 Å². The molecular formula is C24H26N2O3. The first-order valence-electron chi connectivity index (χ1n) is 9.77. The first kappa shape index (κ1) is 20.4. The molecule has 150 valence electrons. The Morgan fingerprint density at radius 1 is 0.966 bits per heavy atom. The molecule has 3 aromatic rings. The minimum atomic E-state index is 0.0117. The van der Waals surface area contributed by atoms with Crippen LogP contribution in [0.15, 0.2) is 72.9 Å². The van der Waals surface area contributed by atoms with E-state index in [9.17, 15) is 4.79 Å². The molecule has 3 rings (SSSR count). The first-order chi connectivity index (χ1) is 14.2. The fourth-order valence-electron chi connectivity index (χ4n) is 2.80. The van der Waals surface area contributed by atoms with Gasteiger partial charge in [-0.2, -0.15) is 0 Å². The Morgan fingerprint density at radius 3 is 2.59 bits per heavy atom. The van der Waals surface area contributed by atoms with Gasteiger partial charge in [0, 0.05) is 19.2 Å². The van der Waals surface area contributed by atoms with Crippen molar-refractivity contribution in [3.8, 4) is 11.5 Å². The fourth-order valence-corrected chi connectivity index (χ4v) is 2.80. The highest BCUT2D eigenvalue weighted by atomic mass is 16.5. The van der Waals surface area contributed by atoms with Gasteiger partial charge in [-0.15, -0.1) is 0 Å². The maximum Gasteiger partial charge on any atom is 0.220 e. The van der Waals surface area contributed by atoms with Gasteiger partial charge in [-0.3, -0.25) is 9.78 Å². The van der Waals surface area contributed by atoms with Gasteiger partial charge in [-0.1, -0.05) is 30.3 Å². The predicted octanol–water partition coefficient (Wildman–Crippen LogP) is 4.44. The zero-order valence-electron chi connectivity index (χ0n) is 16.6.